The molecule has 150 valence electrons. The molecule has 2 nitrogen and oxygen atoms in total. The summed E-state index contributed by atoms with van der Waals surface area (Å²) in [7, 11) is 0. The van der Waals surface area contributed by atoms with E-state index in [1.54, 1.807) is 0 Å². The lowest BCUT2D eigenvalue weighted by Crippen LogP contribution is -1.95. The normalized spacial score (nSPS) is 12.4. The maximum absolute atomic E-state index is 10.4. The monoisotopic (exact) mass is 354 g/mol. The highest BCUT2D eigenvalue weighted by atomic mass is 16.4. The second-order valence-electron chi connectivity index (χ2n) is 8.13. The summed E-state index contributed by atoms with van der Waals surface area (Å²) in [6.45, 7) is 4.73. The van der Waals surface area contributed by atoms with Gasteiger partial charge in [-0.25, -0.2) is 0 Å². The molecule has 0 aromatic heterocycles. The van der Waals surface area contributed by atoms with Crippen molar-refractivity contribution in [3.05, 3.63) is 0 Å². The standard InChI is InChI=1S/C23H46O2/c1-3-4-5-6-13-16-19-22(2)20-17-14-11-9-7-8-10-12-15-18-21-23(24)25/h22H,3-21H2,1-2H3,(H,24,25). The summed E-state index contributed by atoms with van der Waals surface area (Å²) in [6.07, 6.45) is 24.5. The van der Waals surface area contributed by atoms with Crippen molar-refractivity contribution in [1.82, 2.24) is 0 Å². The van der Waals surface area contributed by atoms with E-state index >= 15 is 0 Å². The van der Waals surface area contributed by atoms with Gasteiger partial charge in [-0.2, -0.15) is 0 Å². The van der Waals surface area contributed by atoms with Gasteiger partial charge in [0.1, 0.15) is 0 Å². The van der Waals surface area contributed by atoms with Gasteiger partial charge in [-0.05, 0) is 12.3 Å². The maximum atomic E-state index is 10.4. The molecule has 0 radical (unpaired) electrons. The molecule has 0 saturated carbocycles. The van der Waals surface area contributed by atoms with Gasteiger partial charge in [-0.3, -0.25) is 4.79 Å². The van der Waals surface area contributed by atoms with Crippen LogP contribution >= 0.6 is 0 Å². The zero-order valence-electron chi connectivity index (χ0n) is 17.4. The second kappa shape index (κ2) is 19.8. The number of carbonyl (C=O) groups is 1. The van der Waals surface area contributed by atoms with Crippen LogP contribution in [0, 0.1) is 5.92 Å². The van der Waals surface area contributed by atoms with Crippen LogP contribution in [0.15, 0.2) is 0 Å². The predicted octanol–water partition coefficient (Wildman–Crippen LogP) is 8.14. The smallest absolute Gasteiger partial charge is 0.303 e. The van der Waals surface area contributed by atoms with E-state index in [-0.39, 0.29) is 0 Å². The van der Waals surface area contributed by atoms with Crippen molar-refractivity contribution in [2.75, 3.05) is 0 Å². The Bertz CT molecular complexity index is 275. The minimum atomic E-state index is -0.652. The summed E-state index contributed by atoms with van der Waals surface area (Å²) in [4.78, 5) is 10.4. The van der Waals surface area contributed by atoms with Crippen LogP contribution in [0.2, 0.25) is 0 Å². The highest BCUT2D eigenvalue weighted by molar-refractivity contribution is 5.66. The molecule has 0 fully saturated rings. The van der Waals surface area contributed by atoms with Crippen LogP contribution in [0.5, 0.6) is 0 Å². The number of carboxylic acids is 1. The third-order valence-corrected chi connectivity index (χ3v) is 5.39. The van der Waals surface area contributed by atoms with Gasteiger partial charge in [0.25, 0.3) is 0 Å². The van der Waals surface area contributed by atoms with Crippen LogP contribution in [0.25, 0.3) is 0 Å². The van der Waals surface area contributed by atoms with E-state index in [4.69, 9.17) is 5.11 Å². The fraction of sp³-hybridized carbons (Fsp3) is 0.957. The SMILES string of the molecule is CCCCCCCCC(C)CCCCCCCCCCCCC(=O)O. The molecule has 0 amide bonds. The number of hydrogen-bond acceptors (Lipinski definition) is 1. The van der Waals surface area contributed by atoms with E-state index in [9.17, 15) is 4.79 Å². The largest absolute Gasteiger partial charge is 0.481 e. The molecule has 2 heteroatoms. The highest BCUT2D eigenvalue weighted by Gasteiger charge is 2.02. The molecular formula is C23H46O2. The minimum absolute atomic E-state index is 0.345. The third kappa shape index (κ3) is 21.4. The molecule has 0 saturated heterocycles. The minimum Gasteiger partial charge on any atom is -0.481 e. The predicted molar refractivity (Wildman–Crippen MR) is 110 cm³/mol. The van der Waals surface area contributed by atoms with E-state index in [1.165, 1.54) is 103 Å². The summed E-state index contributed by atoms with van der Waals surface area (Å²) in [5, 5.41) is 8.57. The molecule has 0 aliphatic carbocycles. The van der Waals surface area contributed by atoms with E-state index in [2.05, 4.69) is 13.8 Å². The van der Waals surface area contributed by atoms with Crippen LogP contribution in [0.3, 0.4) is 0 Å². The Hall–Kier alpha value is -0.530. The molecular weight excluding hydrogens is 308 g/mol. The van der Waals surface area contributed by atoms with Crippen LogP contribution < -0.4 is 0 Å². The van der Waals surface area contributed by atoms with Gasteiger partial charge in [-0.15, -0.1) is 0 Å². The lowest BCUT2D eigenvalue weighted by Gasteiger charge is -2.11. The van der Waals surface area contributed by atoms with Gasteiger partial charge >= 0.3 is 5.97 Å². The van der Waals surface area contributed by atoms with Crippen LogP contribution in [-0.4, -0.2) is 11.1 Å². The maximum Gasteiger partial charge on any atom is 0.303 e. The Balaban J connectivity index is 3.13. The van der Waals surface area contributed by atoms with Crippen LogP contribution in [0.4, 0.5) is 0 Å². The van der Waals surface area contributed by atoms with Gasteiger partial charge in [0.15, 0.2) is 0 Å². The molecule has 0 aliphatic heterocycles. The first-order valence-corrected chi connectivity index (χ1v) is 11.4. The van der Waals surface area contributed by atoms with E-state index in [0.717, 1.165) is 18.8 Å². The van der Waals surface area contributed by atoms with E-state index < -0.39 is 5.97 Å². The van der Waals surface area contributed by atoms with Crippen LogP contribution in [0.1, 0.15) is 136 Å². The number of aliphatic carboxylic acids is 1. The number of rotatable bonds is 20. The molecule has 0 aromatic carbocycles. The average molecular weight is 355 g/mol. The second-order valence-corrected chi connectivity index (χ2v) is 8.13. The molecule has 0 aliphatic rings. The summed E-state index contributed by atoms with van der Waals surface area (Å²) < 4.78 is 0. The molecule has 0 heterocycles. The quantitative estimate of drug-likeness (QED) is 0.224. The van der Waals surface area contributed by atoms with Crippen molar-refractivity contribution in [1.29, 1.82) is 0 Å². The Kier molecular flexibility index (Phi) is 19.4. The lowest BCUT2D eigenvalue weighted by molar-refractivity contribution is -0.137. The zero-order valence-corrected chi connectivity index (χ0v) is 17.4. The Morgan fingerprint density at radius 3 is 1.40 bits per heavy atom. The molecule has 1 atom stereocenters. The molecule has 0 spiro atoms. The topological polar surface area (TPSA) is 37.3 Å². The Labute approximate surface area is 158 Å². The summed E-state index contributed by atoms with van der Waals surface area (Å²) in [5.74, 6) is 0.276. The fourth-order valence-electron chi connectivity index (χ4n) is 3.60. The van der Waals surface area contributed by atoms with Crippen molar-refractivity contribution >= 4 is 5.97 Å². The number of unbranched alkanes of at least 4 members (excludes halogenated alkanes) is 14. The average Bonchev–Trinajstić information content (AvgIpc) is 2.58. The van der Waals surface area contributed by atoms with Crippen molar-refractivity contribution in [2.24, 2.45) is 5.92 Å². The van der Waals surface area contributed by atoms with Crippen LogP contribution in [-0.2, 0) is 4.79 Å². The molecule has 0 bridgehead atoms. The van der Waals surface area contributed by atoms with Gasteiger partial charge in [0, 0.05) is 6.42 Å². The summed E-state index contributed by atoms with van der Waals surface area (Å²) in [6, 6.07) is 0. The zero-order chi connectivity index (χ0) is 18.6. The molecule has 1 N–H and O–H groups in total. The molecule has 1 unspecified atom stereocenters. The fourth-order valence-corrected chi connectivity index (χ4v) is 3.60. The number of carboxylic acid groups (broad SMARTS) is 1. The first-order valence-electron chi connectivity index (χ1n) is 11.4. The summed E-state index contributed by atoms with van der Waals surface area (Å²) in [5.41, 5.74) is 0. The van der Waals surface area contributed by atoms with Gasteiger partial charge in [0.05, 0.1) is 0 Å². The molecule has 0 rings (SSSR count). The highest BCUT2D eigenvalue weighted by Crippen LogP contribution is 2.18. The van der Waals surface area contributed by atoms with Crippen molar-refractivity contribution < 1.29 is 9.90 Å². The summed E-state index contributed by atoms with van der Waals surface area (Å²) >= 11 is 0. The van der Waals surface area contributed by atoms with Gasteiger partial charge in [-0.1, -0.05) is 123 Å². The molecule has 25 heavy (non-hydrogen) atoms. The molecule has 0 aromatic rings. The Morgan fingerprint density at radius 2 is 1.00 bits per heavy atom. The van der Waals surface area contributed by atoms with Gasteiger partial charge in [0.2, 0.25) is 0 Å². The first kappa shape index (κ1) is 24.5. The first-order chi connectivity index (χ1) is 12.2. The van der Waals surface area contributed by atoms with E-state index in [1.807, 2.05) is 0 Å². The Morgan fingerprint density at radius 1 is 0.640 bits per heavy atom. The lowest BCUT2D eigenvalue weighted by atomic mass is 9.96. The van der Waals surface area contributed by atoms with Crippen molar-refractivity contribution in [3.63, 3.8) is 0 Å². The van der Waals surface area contributed by atoms with E-state index in [0.29, 0.717) is 6.42 Å². The van der Waals surface area contributed by atoms with Gasteiger partial charge < -0.3 is 5.11 Å². The third-order valence-electron chi connectivity index (χ3n) is 5.39. The van der Waals surface area contributed by atoms with Crippen molar-refractivity contribution in [2.45, 2.75) is 136 Å². The van der Waals surface area contributed by atoms with Crippen molar-refractivity contribution in [3.8, 4) is 0 Å². The number of hydrogen-bond donors (Lipinski definition) is 1.